The topological polar surface area (TPSA) is 180 Å². The van der Waals surface area contributed by atoms with Gasteiger partial charge in [0.25, 0.3) is 0 Å². The van der Waals surface area contributed by atoms with Crippen LogP contribution in [-0.4, -0.2) is 106 Å². The highest BCUT2D eigenvalue weighted by Gasteiger charge is 2.64. The number of carbonyl (C=O) groups is 6. The van der Waals surface area contributed by atoms with E-state index in [0.29, 0.717) is 38.5 Å². The summed E-state index contributed by atoms with van der Waals surface area (Å²) in [5, 5.41) is 21.6. The number of hydrogen-bond acceptors (Lipinski definition) is 10. The molecule has 0 aliphatic carbocycles. The number of carbonyl (C=O) groups excluding carboxylic acids is 4. The van der Waals surface area contributed by atoms with E-state index >= 15 is 0 Å². The number of aliphatic carboxylic acids is 2. The molecule has 2 aromatic carbocycles. The maximum atomic E-state index is 13.8. The molecule has 0 radical (unpaired) electrons. The van der Waals surface area contributed by atoms with E-state index in [-0.39, 0.29) is 93.0 Å². The highest BCUT2D eigenvalue weighted by molar-refractivity contribution is 5.82. The molecule has 4 unspecified atom stereocenters. The van der Waals surface area contributed by atoms with Gasteiger partial charge in [0.05, 0.1) is 63.2 Å². The molecule has 4 aliphatic rings. The number of likely N-dealkylation sites (N-methyl/N-ethyl adjacent to an activating group) is 2. The minimum absolute atomic E-state index is 0. The van der Waals surface area contributed by atoms with Crippen molar-refractivity contribution in [3.05, 3.63) is 47.5 Å². The molecule has 4 bridgehead atoms. The Bertz CT molecular complexity index is 1820. The van der Waals surface area contributed by atoms with E-state index in [1.165, 1.54) is 27.7 Å². The van der Waals surface area contributed by atoms with Crippen molar-refractivity contribution in [1.82, 2.24) is 0 Å². The molecule has 0 amide bonds. The fourth-order valence-electron chi connectivity index (χ4n) is 11.5. The molecule has 0 aromatic heterocycles. The number of quaternary nitrogens is 2. The second kappa shape index (κ2) is 19.5. The lowest BCUT2D eigenvalue weighted by Gasteiger charge is -2.55. The summed E-state index contributed by atoms with van der Waals surface area (Å²) in [4.78, 5) is 73.4. The molecule has 4 atom stereocenters. The number of carboxylic acid groups (broad SMARTS) is 2. The van der Waals surface area contributed by atoms with Gasteiger partial charge in [-0.2, -0.15) is 0 Å². The second-order valence-electron chi connectivity index (χ2n) is 17.6. The third kappa shape index (κ3) is 10.1. The first-order valence-electron chi connectivity index (χ1n) is 20.5. The van der Waals surface area contributed by atoms with Gasteiger partial charge in [0.2, 0.25) is 0 Å². The normalized spacial score (nSPS) is 28.5. The Hall–Kier alpha value is -3.86. The van der Waals surface area contributed by atoms with Crippen LogP contribution in [0.25, 0.3) is 0 Å². The lowest BCUT2D eigenvalue weighted by Crippen LogP contribution is -3.00. The SMILES string of the molecule is CC(=O)Oc1ccc(CC[N+]2(C)C3CCC2CC(C(CC(=O)O)(C(=O)O)C2CC4CCC(C2)[N+]4(C)CCc2ccc(OC(C)=O)c(OC(C)=O)c2)C3)cc1OC(C)=O.[Br-].[Br-]. The van der Waals surface area contributed by atoms with Crippen LogP contribution in [0.3, 0.4) is 0 Å². The first kappa shape index (κ1) is 48.8. The second-order valence-corrected chi connectivity index (χ2v) is 17.6. The van der Waals surface area contributed by atoms with Gasteiger partial charge in [-0.25, -0.2) is 0 Å². The van der Waals surface area contributed by atoms with Gasteiger partial charge in [-0.15, -0.1) is 0 Å². The number of nitrogens with zero attached hydrogens (tertiary/aromatic N) is 2. The molecule has 4 aliphatic heterocycles. The fourth-order valence-corrected chi connectivity index (χ4v) is 11.5. The summed E-state index contributed by atoms with van der Waals surface area (Å²) in [6, 6.07) is 11.2. The summed E-state index contributed by atoms with van der Waals surface area (Å²) in [7, 11) is 4.47. The predicted octanol–water partition coefficient (Wildman–Crippen LogP) is -0.498. The Labute approximate surface area is 372 Å². The summed E-state index contributed by atoms with van der Waals surface area (Å²) in [5.41, 5.74) is 0.448. The van der Waals surface area contributed by atoms with Gasteiger partial charge in [-0.1, -0.05) is 12.1 Å². The van der Waals surface area contributed by atoms with Crippen LogP contribution < -0.4 is 52.9 Å². The van der Waals surface area contributed by atoms with Crippen molar-refractivity contribution >= 4 is 35.8 Å². The molecule has 4 heterocycles. The molecule has 16 heteroatoms. The monoisotopic (exact) mass is 964 g/mol. The lowest BCUT2D eigenvalue weighted by atomic mass is 9.57. The first-order valence-corrected chi connectivity index (χ1v) is 20.5. The molecule has 2 aromatic rings. The number of carboxylic acids is 2. The minimum Gasteiger partial charge on any atom is -1.00 e. The zero-order valence-corrected chi connectivity index (χ0v) is 38.4. The maximum Gasteiger partial charge on any atom is 0.310 e. The number of benzene rings is 2. The average Bonchev–Trinajstić information content (AvgIpc) is 3.36. The van der Waals surface area contributed by atoms with Gasteiger partial charge in [-0.3, -0.25) is 28.8 Å². The summed E-state index contributed by atoms with van der Waals surface area (Å²) >= 11 is 0. The Kier molecular flexibility index (Phi) is 15.8. The predicted molar refractivity (Wildman–Crippen MR) is 209 cm³/mol. The van der Waals surface area contributed by atoms with Crippen molar-refractivity contribution < 1.29 is 101 Å². The third-order valence-corrected chi connectivity index (χ3v) is 14.3. The van der Waals surface area contributed by atoms with Crippen molar-refractivity contribution in [3.63, 3.8) is 0 Å². The smallest absolute Gasteiger partial charge is 0.310 e. The van der Waals surface area contributed by atoms with E-state index in [1.807, 2.05) is 12.1 Å². The Morgan fingerprint density at radius 3 is 1.17 bits per heavy atom. The quantitative estimate of drug-likeness (QED) is 0.133. The average molecular weight is 967 g/mol. The number of halogens is 2. The van der Waals surface area contributed by atoms with Crippen molar-refractivity contribution in [1.29, 1.82) is 0 Å². The number of piperidine rings is 2. The van der Waals surface area contributed by atoms with Crippen LogP contribution >= 0.6 is 0 Å². The fraction of sp³-hybridized carbons (Fsp3) is 0.591. The number of esters is 4. The van der Waals surface area contributed by atoms with Gasteiger partial charge in [-0.05, 0) is 47.2 Å². The Morgan fingerprint density at radius 1 is 0.567 bits per heavy atom. The molecule has 60 heavy (non-hydrogen) atoms. The van der Waals surface area contributed by atoms with E-state index in [9.17, 15) is 39.0 Å². The summed E-state index contributed by atoms with van der Waals surface area (Å²) in [5.74, 6) is -4.00. The summed E-state index contributed by atoms with van der Waals surface area (Å²) in [6.07, 6.45) is 7.25. The summed E-state index contributed by atoms with van der Waals surface area (Å²) in [6.45, 7) is 6.68. The van der Waals surface area contributed by atoms with Crippen LogP contribution in [0, 0.1) is 17.3 Å². The van der Waals surface area contributed by atoms with Crippen molar-refractivity contribution in [2.75, 3.05) is 27.2 Å². The number of rotatable bonds is 15. The van der Waals surface area contributed by atoms with Crippen LogP contribution in [0.5, 0.6) is 23.0 Å². The van der Waals surface area contributed by atoms with Crippen LogP contribution in [0.15, 0.2) is 36.4 Å². The molecular formula is C44H58Br2N2O12. The highest BCUT2D eigenvalue weighted by atomic mass is 79.9. The van der Waals surface area contributed by atoms with E-state index in [1.54, 1.807) is 24.3 Å². The van der Waals surface area contributed by atoms with Crippen LogP contribution in [0.2, 0.25) is 0 Å². The first-order chi connectivity index (χ1) is 27.3. The van der Waals surface area contributed by atoms with E-state index in [0.717, 1.165) is 58.9 Å². The molecule has 4 fully saturated rings. The van der Waals surface area contributed by atoms with Gasteiger partial charge >= 0.3 is 35.8 Å². The van der Waals surface area contributed by atoms with E-state index in [2.05, 4.69) is 14.1 Å². The molecule has 6 rings (SSSR count). The van der Waals surface area contributed by atoms with E-state index < -0.39 is 47.7 Å². The molecule has 4 saturated heterocycles. The zero-order chi connectivity index (χ0) is 42.2. The van der Waals surface area contributed by atoms with Crippen LogP contribution in [0.4, 0.5) is 0 Å². The third-order valence-electron chi connectivity index (χ3n) is 14.3. The Balaban J connectivity index is 0.00000397. The van der Waals surface area contributed by atoms with Gasteiger partial charge in [0, 0.05) is 91.9 Å². The standard InChI is InChI=1S/C44H56N2O12.2BrH/c1-26(47)55-38-13-7-30(19-40(38)57-28(3)49)15-17-45(5)34-9-10-35(45)22-32(21-34)44(43(53)54,25-42(51)52)33-23-36-11-12-37(24-33)46(36,6)18-16-31-8-14-39(56-27(2)48)41(20-31)58-29(4)50;;/h7-8,13-14,19-20,32-37H,9-12,15-18,21-25H2,1-6H3;2*1H. The Morgan fingerprint density at radius 2 is 0.883 bits per heavy atom. The van der Waals surface area contributed by atoms with Crippen molar-refractivity contribution in [2.24, 2.45) is 17.3 Å². The van der Waals surface area contributed by atoms with Gasteiger partial charge in [0.1, 0.15) is 0 Å². The number of fused-ring (bicyclic) bond motifs is 4. The molecule has 14 nitrogen and oxygen atoms in total. The van der Waals surface area contributed by atoms with Gasteiger partial charge < -0.3 is 72.1 Å². The number of ether oxygens (including phenoxy) is 4. The minimum atomic E-state index is -1.39. The molecule has 0 saturated carbocycles. The lowest BCUT2D eigenvalue weighted by molar-refractivity contribution is -0.951. The highest BCUT2D eigenvalue weighted by Crippen LogP contribution is 2.58. The molecule has 2 N–H and O–H groups in total. The van der Waals surface area contributed by atoms with Crippen molar-refractivity contribution in [2.45, 2.75) is 122 Å². The van der Waals surface area contributed by atoms with Crippen LogP contribution in [0.1, 0.15) is 96.6 Å². The molecule has 0 spiro atoms. The maximum absolute atomic E-state index is 13.8. The molecular weight excluding hydrogens is 908 g/mol. The van der Waals surface area contributed by atoms with Crippen LogP contribution in [-0.2, 0) is 41.6 Å². The number of hydrogen-bond donors (Lipinski definition) is 2. The van der Waals surface area contributed by atoms with E-state index in [4.69, 9.17) is 18.9 Å². The summed E-state index contributed by atoms with van der Waals surface area (Å²) < 4.78 is 22.8. The molecule has 330 valence electrons. The largest absolute Gasteiger partial charge is 1.00 e. The van der Waals surface area contributed by atoms with Crippen molar-refractivity contribution in [3.8, 4) is 23.0 Å². The van der Waals surface area contributed by atoms with Gasteiger partial charge in [0.15, 0.2) is 23.0 Å². The zero-order valence-electron chi connectivity index (χ0n) is 35.2.